The highest BCUT2D eigenvalue weighted by Gasteiger charge is 2.22. The van der Waals surface area contributed by atoms with Crippen LogP contribution in [-0.4, -0.2) is 9.13 Å². The second-order valence-electron chi connectivity index (χ2n) is 14.2. The molecule has 4 aromatic heterocycles. The summed E-state index contributed by atoms with van der Waals surface area (Å²) in [6.07, 6.45) is 7.88. The molecule has 11 aromatic rings. The molecule has 11 rings (SSSR count). The molecule has 0 N–H and O–H groups in total. The standard InChI is InChI=1S/C51H34N2OS/c1-3-4-5-13-32(2)52-45-20-12-17-37(49(45)50-40-16-8-11-21-46(40)54-51(50)52)35-25-29-48-42(31-35)41-30-34(24-28-47(41)55-48)33-22-26-36(27-23-33)53-43-18-9-6-14-38(43)39-15-7-10-19-44(39)53/h3-31H,1H2,2H3/b5-4-,32-13+. The van der Waals surface area contributed by atoms with E-state index in [9.17, 15) is 0 Å². The van der Waals surface area contributed by atoms with Crippen molar-refractivity contribution in [1.29, 1.82) is 0 Å². The molecule has 0 saturated heterocycles. The zero-order chi connectivity index (χ0) is 36.6. The first-order valence-electron chi connectivity index (χ1n) is 18.6. The molecular weight excluding hydrogens is 689 g/mol. The Hall–Kier alpha value is -6.88. The lowest BCUT2D eigenvalue weighted by Crippen LogP contribution is -1.93. The highest BCUT2D eigenvalue weighted by Crippen LogP contribution is 2.45. The predicted molar refractivity (Wildman–Crippen MR) is 237 cm³/mol. The van der Waals surface area contributed by atoms with E-state index in [0.29, 0.717) is 0 Å². The number of rotatable bonds is 6. The third kappa shape index (κ3) is 4.82. The van der Waals surface area contributed by atoms with Gasteiger partial charge < -0.3 is 8.98 Å². The van der Waals surface area contributed by atoms with Crippen LogP contribution in [0.1, 0.15) is 6.92 Å². The molecule has 0 amide bonds. The molecule has 0 atom stereocenters. The van der Waals surface area contributed by atoms with Crippen LogP contribution in [0.25, 0.3) is 109 Å². The minimum Gasteiger partial charge on any atom is -0.439 e. The van der Waals surface area contributed by atoms with Gasteiger partial charge in [-0.1, -0.05) is 116 Å². The van der Waals surface area contributed by atoms with E-state index in [2.05, 4.69) is 174 Å². The molecule has 0 bridgehead atoms. The number of thiophene rings is 1. The zero-order valence-electron chi connectivity index (χ0n) is 30.2. The molecule has 4 heteroatoms. The lowest BCUT2D eigenvalue weighted by Gasteiger charge is -2.10. The van der Waals surface area contributed by atoms with Gasteiger partial charge in [0.2, 0.25) is 5.71 Å². The first kappa shape index (κ1) is 31.6. The van der Waals surface area contributed by atoms with Gasteiger partial charge in [-0.25, -0.2) is 0 Å². The largest absolute Gasteiger partial charge is 0.439 e. The van der Waals surface area contributed by atoms with E-state index in [4.69, 9.17) is 4.42 Å². The van der Waals surface area contributed by atoms with Gasteiger partial charge in [-0.15, -0.1) is 11.3 Å². The Bertz CT molecular complexity index is 3340. The molecule has 4 heterocycles. The predicted octanol–water partition coefficient (Wildman–Crippen LogP) is 14.9. The average molecular weight is 723 g/mol. The number of furan rings is 1. The number of aromatic nitrogens is 2. The van der Waals surface area contributed by atoms with E-state index in [1.807, 2.05) is 29.6 Å². The van der Waals surface area contributed by atoms with Crippen LogP contribution in [0, 0.1) is 0 Å². The quantitative estimate of drug-likeness (QED) is 0.157. The summed E-state index contributed by atoms with van der Waals surface area (Å²) in [5.41, 5.74) is 12.4. The van der Waals surface area contributed by atoms with Crippen LogP contribution in [0.2, 0.25) is 0 Å². The minimum atomic E-state index is 0.861. The van der Waals surface area contributed by atoms with E-state index < -0.39 is 0 Å². The van der Waals surface area contributed by atoms with Crippen molar-refractivity contribution in [3.05, 3.63) is 183 Å². The summed E-state index contributed by atoms with van der Waals surface area (Å²) < 4.78 is 13.8. The summed E-state index contributed by atoms with van der Waals surface area (Å²) >= 11 is 1.86. The Morgan fingerprint density at radius 3 is 1.91 bits per heavy atom. The molecule has 0 radical (unpaired) electrons. The number of hydrogen-bond donors (Lipinski definition) is 0. The van der Waals surface area contributed by atoms with Gasteiger partial charge in [-0.3, -0.25) is 4.57 Å². The van der Waals surface area contributed by atoms with E-state index in [0.717, 1.165) is 39.0 Å². The van der Waals surface area contributed by atoms with Crippen LogP contribution >= 0.6 is 11.3 Å². The molecule has 0 aliphatic carbocycles. The zero-order valence-corrected chi connectivity index (χ0v) is 31.0. The molecule has 0 unspecified atom stereocenters. The molecule has 0 aliphatic heterocycles. The van der Waals surface area contributed by atoms with Crippen LogP contribution in [0.15, 0.2) is 187 Å². The van der Waals surface area contributed by atoms with Crippen molar-refractivity contribution in [3.63, 3.8) is 0 Å². The van der Waals surface area contributed by atoms with Gasteiger partial charge in [0, 0.05) is 53.1 Å². The third-order valence-corrected chi connectivity index (χ3v) is 12.2. The number of hydrogen-bond acceptors (Lipinski definition) is 2. The van der Waals surface area contributed by atoms with Gasteiger partial charge in [-0.2, -0.15) is 0 Å². The Morgan fingerprint density at radius 1 is 0.564 bits per heavy atom. The highest BCUT2D eigenvalue weighted by atomic mass is 32.1. The Morgan fingerprint density at radius 2 is 1.18 bits per heavy atom. The van der Waals surface area contributed by atoms with Gasteiger partial charge >= 0.3 is 0 Å². The van der Waals surface area contributed by atoms with Gasteiger partial charge in [-0.05, 0) is 95.9 Å². The Balaban J connectivity index is 1.05. The van der Waals surface area contributed by atoms with E-state index in [1.165, 1.54) is 69.6 Å². The summed E-state index contributed by atoms with van der Waals surface area (Å²) in [5.74, 6) is 0. The lowest BCUT2D eigenvalue weighted by atomic mass is 9.97. The van der Waals surface area contributed by atoms with Gasteiger partial charge in [0.1, 0.15) is 5.58 Å². The van der Waals surface area contributed by atoms with Crippen molar-refractivity contribution in [3.8, 4) is 27.9 Å². The maximum Gasteiger partial charge on any atom is 0.213 e. The average Bonchev–Trinajstić information content (AvgIpc) is 3.97. The van der Waals surface area contributed by atoms with Gasteiger partial charge in [0.15, 0.2) is 0 Å². The van der Waals surface area contributed by atoms with Crippen LogP contribution in [0.3, 0.4) is 0 Å². The Kier molecular flexibility index (Phi) is 7.10. The molecule has 260 valence electrons. The lowest BCUT2D eigenvalue weighted by molar-refractivity contribution is 0.646. The van der Waals surface area contributed by atoms with Crippen molar-refractivity contribution >= 4 is 92.0 Å². The number of benzene rings is 7. The van der Waals surface area contributed by atoms with E-state index in [-0.39, 0.29) is 0 Å². The van der Waals surface area contributed by atoms with Crippen LogP contribution < -0.4 is 0 Å². The molecule has 0 aliphatic rings. The number of fused-ring (bicyclic) bond motifs is 11. The first-order valence-corrected chi connectivity index (χ1v) is 19.4. The monoisotopic (exact) mass is 722 g/mol. The molecular formula is C51H34N2OS. The third-order valence-electron chi connectivity index (χ3n) is 11.1. The maximum atomic E-state index is 6.60. The molecule has 0 fully saturated rings. The highest BCUT2D eigenvalue weighted by molar-refractivity contribution is 7.25. The van der Waals surface area contributed by atoms with Crippen molar-refractivity contribution in [2.45, 2.75) is 6.92 Å². The number of allylic oxidation sites excluding steroid dienone is 5. The van der Waals surface area contributed by atoms with Crippen LogP contribution in [0.4, 0.5) is 0 Å². The molecule has 0 spiro atoms. The molecule has 3 nitrogen and oxygen atoms in total. The topological polar surface area (TPSA) is 23.0 Å². The van der Waals surface area contributed by atoms with E-state index in [1.54, 1.807) is 6.08 Å². The van der Waals surface area contributed by atoms with Crippen LogP contribution in [-0.2, 0) is 0 Å². The first-order chi connectivity index (χ1) is 27.2. The molecule has 7 aromatic carbocycles. The summed E-state index contributed by atoms with van der Waals surface area (Å²) in [7, 11) is 0. The minimum absolute atomic E-state index is 0.861. The second-order valence-corrected chi connectivity index (χ2v) is 15.3. The summed E-state index contributed by atoms with van der Waals surface area (Å²) in [5, 5.41) is 8.57. The smallest absolute Gasteiger partial charge is 0.213 e. The maximum absolute atomic E-state index is 6.60. The number of nitrogens with zero attached hydrogens (tertiary/aromatic N) is 2. The fourth-order valence-electron chi connectivity index (χ4n) is 8.60. The number of para-hydroxylation sites is 3. The fourth-order valence-corrected chi connectivity index (χ4v) is 9.66. The Labute approximate surface area is 321 Å². The molecule has 55 heavy (non-hydrogen) atoms. The van der Waals surface area contributed by atoms with Crippen molar-refractivity contribution in [1.82, 2.24) is 9.13 Å². The van der Waals surface area contributed by atoms with Crippen molar-refractivity contribution < 1.29 is 4.42 Å². The van der Waals surface area contributed by atoms with Gasteiger partial charge in [0.05, 0.1) is 21.9 Å². The van der Waals surface area contributed by atoms with E-state index >= 15 is 0 Å². The second kappa shape index (κ2) is 12.3. The SMILES string of the molecule is C=C/C=C\C=C(/C)n1c2cccc(-c3ccc4sc5ccc(-c6ccc(-n7c8ccccc8c8ccccc87)cc6)cc5c4c3)c2c2c3ccccc3oc21. The van der Waals surface area contributed by atoms with Gasteiger partial charge in [0.25, 0.3) is 0 Å². The van der Waals surface area contributed by atoms with Crippen LogP contribution in [0.5, 0.6) is 0 Å². The van der Waals surface area contributed by atoms with Crippen molar-refractivity contribution in [2.24, 2.45) is 0 Å². The normalized spacial score (nSPS) is 12.6. The summed E-state index contributed by atoms with van der Waals surface area (Å²) in [4.78, 5) is 0. The summed E-state index contributed by atoms with van der Waals surface area (Å²) in [6, 6.07) is 55.2. The van der Waals surface area contributed by atoms with Crippen molar-refractivity contribution in [2.75, 3.05) is 0 Å². The molecule has 0 saturated carbocycles. The summed E-state index contributed by atoms with van der Waals surface area (Å²) in [6.45, 7) is 5.97. The fraction of sp³-hybridized carbons (Fsp3) is 0.0196.